The highest BCUT2D eigenvalue weighted by atomic mass is 16.3. The molecule has 0 bridgehead atoms. The lowest BCUT2D eigenvalue weighted by molar-refractivity contribution is 0.251. The number of carbonyl (C=O) groups is 1. The quantitative estimate of drug-likeness (QED) is 0.690. The molecule has 2 heterocycles. The fourth-order valence-corrected chi connectivity index (χ4v) is 1.96. The second-order valence-corrected chi connectivity index (χ2v) is 4.71. The third-order valence-corrected chi connectivity index (χ3v) is 2.98. The number of anilines is 1. The molecule has 0 aliphatic rings. The van der Waals surface area contributed by atoms with Crippen LogP contribution in [0.2, 0.25) is 0 Å². The van der Waals surface area contributed by atoms with Crippen molar-refractivity contribution in [3.8, 4) is 11.4 Å². The van der Waals surface area contributed by atoms with Crippen molar-refractivity contribution in [2.75, 3.05) is 5.32 Å². The molecule has 3 rings (SSSR count). The van der Waals surface area contributed by atoms with Crippen LogP contribution in [0.5, 0.6) is 0 Å². The summed E-state index contributed by atoms with van der Waals surface area (Å²) in [6.07, 6.45) is 1.57. The minimum absolute atomic E-state index is 0.306. The first-order chi connectivity index (χ1) is 10.7. The number of hydrogen-bond donors (Lipinski definition) is 3. The Morgan fingerprint density at radius 3 is 2.95 bits per heavy atom. The smallest absolute Gasteiger partial charge is 0.319 e. The van der Waals surface area contributed by atoms with E-state index in [9.17, 15) is 4.79 Å². The highest BCUT2D eigenvalue weighted by molar-refractivity contribution is 5.89. The first-order valence-corrected chi connectivity index (χ1v) is 6.77. The Balaban J connectivity index is 1.63. The first-order valence-electron chi connectivity index (χ1n) is 6.77. The predicted molar refractivity (Wildman–Crippen MR) is 81.1 cm³/mol. The number of aromatic nitrogens is 3. The van der Waals surface area contributed by atoms with Gasteiger partial charge in [-0.15, -0.1) is 0 Å². The maximum atomic E-state index is 11.9. The van der Waals surface area contributed by atoms with E-state index in [0.29, 0.717) is 23.8 Å². The monoisotopic (exact) mass is 297 g/mol. The maximum Gasteiger partial charge on any atom is 0.319 e. The standard InChI is InChI=1S/C15H15N5O2/c1-10-17-14(20-19-10)11-4-2-5-12(8-11)18-15(21)16-9-13-6-3-7-22-13/h2-8H,9H2,1H3,(H2,16,18,21)(H,17,19,20). The number of furan rings is 1. The van der Waals surface area contributed by atoms with Crippen LogP contribution in [0.15, 0.2) is 47.1 Å². The van der Waals surface area contributed by atoms with Gasteiger partial charge in [0.25, 0.3) is 0 Å². The number of amides is 2. The molecule has 7 heteroatoms. The zero-order valence-corrected chi connectivity index (χ0v) is 12.0. The molecule has 0 aliphatic carbocycles. The van der Waals surface area contributed by atoms with Crippen LogP contribution in [0, 0.1) is 6.92 Å². The van der Waals surface area contributed by atoms with Gasteiger partial charge in [0.1, 0.15) is 11.6 Å². The summed E-state index contributed by atoms with van der Waals surface area (Å²) in [6.45, 7) is 2.17. The number of nitrogens with one attached hydrogen (secondary N) is 3. The zero-order valence-electron chi connectivity index (χ0n) is 12.0. The van der Waals surface area contributed by atoms with Gasteiger partial charge in [-0.1, -0.05) is 12.1 Å². The molecule has 0 unspecified atom stereocenters. The summed E-state index contributed by atoms with van der Waals surface area (Å²) in [5.74, 6) is 2.03. The van der Waals surface area contributed by atoms with Gasteiger partial charge >= 0.3 is 6.03 Å². The molecule has 0 saturated heterocycles. The first kappa shape index (κ1) is 13.9. The second-order valence-electron chi connectivity index (χ2n) is 4.71. The average Bonchev–Trinajstić information content (AvgIpc) is 3.17. The lowest BCUT2D eigenvalue weighted by atomic mass is 10.2. The molecule has 1 aromatic carbocycles. The molecule has 2 amide bonds. The summed E-state index contributed by atoms with van der Waals surface area (Å²) in [5, 5.41) is 12.4. The number of benzene rings is 1. The van der Waals surface area contributed by atoms with Crippen LogP contribution in [0.1, 0.15) is 11.6 Å². The molecule has 3 aromatic rings. The molecule has 2 aromatic heterocycles. The molecular weight excluding hydrogens is 282 g/mol. The van der Waals surface area contributed by atoms with Gasteiger partial charge in [-0.05, 0) is 31.2 Å². The molecule has 0 atom stereocenters. The molecule has 3 N–H and O–H groups in total. The number of rotatable bonds is 4. The summed E-state index contributed by atoms with van der Waals surface area (Å²) in [6, 6.07) is 10.6. The number of urea groups is 1. The van der Waals surface area contributed by atoms with Gasteiger partial charge in [0.2, 0.25) is 0 Å². The van der Waals surface area contributed by atoms with Crippen molar-refractivity contribution >= 4 is 11.7 Å². The van der Waals surface area contributed by atoms with Gasteiger partial charge in [0.05, 0.1) is 12.8 Å². The number of carbonyl (C=O) groups excluding carboxylic acids is 1. The Kier molecular flexibility index (Phi) is 3.86. The number of aryl methyl sites for hydroxylation is 1. The summed E-state index contributed by atoms with van der Waals surface area (Å²) in [7, 11) is 0. The van der Waals surface area contributed by atoms with Gasteiger partial charge in [-0.3, -0.25) is 5.10 Å². The van der Waals surface area contributed by atoms with Crippen molar-refractivity contribution in [3.05, 3.63) is 54.2 Å². The van der Waals surface area contributed by atoms with Crippen LogP contribution in [0.25, 0.3) is 11.4 Å². The van der Waals surface area contributed by atoms with Crippen molar-refractivity contribution in [3.63, 3.8) is 0 Å². The molecular formula is C15H15N5O2. The maximum absolute atomic E-state index is 11.9. The molecule has 0 radical (unpaired) electrons. The molecule has 0 aliphatic heterocycles. The Morgan fingerprint density at radius 2 is 2.23 bits per heavy atom. The van der Waals surface area contributed by atoms with Gasteiger partial charge < -0.3 is 15.1 Å². The number of nitrogens with zero attached hydrogens (tertiary/aromatic N) is 2. The highest BCUT2D eigenvalue weighted by Gasteiger charge is 2.07. The Hall–Kier alpha value is -3.09. The van der Waals surface area contributed by atoms with Crippen LogP contribution >= 0.6 is 0 Å². The third kappa shape index (κ3) is 3.32. The van der Waals surface area contributed by atoms with Gasteiger partial charge in [0.15, 0.2) is 5.82 Å². The van der Waals surface area contributed by atoms with E-state index in [1.54, 1.807) is 24.5 Å². The SMILES string of the molecule is Cc1nc(-c2cccc(NC(=O)NCc3ccco3)c2)n[nH]1. The number of H-pyrrole nitrogens is 1. The minimum Gasteiger partial charge on any atom is -0.467 e. The predicted octanol–water partition coefficient (Wildman–Crippen LogP) is 2.69. The molecule has 0 saturated carbocycles. The summed E-state index contributed by atoms with van der Waals surface area (Å²) < 4.78 is 5.15. The molecule has 22 heavy (non-hydrogen) atoms. The van der Waals surface area contributed by atoms with E-state index in [2.05, 4.69) is 25.8 Å². The average molecular weight is 297 g/mol. The Labute approximate surface area is 126 Å². The molecule has 0 spiro atoms. The van der Waals surface area contributed by atoms with Crippen molar-refractivity contribution in [2.24, 2.45) is 0 Å². The number of aromatic amines is 1. The van der Waals surface area contributed by atoms with E-state index >= 15 is 0 Å². The Morgan fingerprint density at radius 1 is 1.32 bits per heavy atom. The fraction of sp³-hybridized carbons (Fsp3) is 0.133. The lowest BCUT2D eigenvalue weighted by Gasteiger charge is -2.07. The third-order valence-electron chi connectivity index (χ3n) is 2.98. The van der Waals surface area contributed by atoms with E-state index in [4.69, 9.17) is 4.42 Å². The van der Waals surface area contributed by atoms with Crippen molar-refractivity contribution < 1.29 is 9.21 Å². The van der Waals surface area contributed by atoms with Crippen molar-refractivity contribution in [2.45, 2.75) is 13.5 Å². The summed E-state index contributed by atoms with van der Waals surface area (Å²) in [4.78, 5) is 16.1. The van der Waals surface area contributed by atoms with Gasteiger partial charge in [0, 0.05) is 11.3 Å². The topological polar surface area (TPSA) is 95.8 Å². The summed E-state index contributed by atoms with van der Waals surface area (Å²) >= 11 is 0. The van der Waals surface area contributed by atoms with Gasteiger partial charge in [-0.2, -0.15) is 5.10 Å². The van der Waals surface area contributed by atoms with E-state index in [-0.39, 0.29) is 6.03 Å². The normalized spacial score (nSPS) is 10.4. The lowest BCUT2D eigenvalue weighted by Crippen LogP contribution is -2.27. The van der Waals surface area contributed by atoms with Crippen LogP contribution in [-0.4, -0.2) is 21.2 Å². The largest absolute Gasteiger partial charge is 0.467 e. The van der Waals surface area contributed by atoms with E-state index in [1.165, 1.54) is 0 Å². The van der Waals surface area contributed by atoms with Crippen molar-refractivity contribution in [1.29, 1.82) is 0 Å². The van der Waals surface area contributed by atoms with Gasteiger partial charge in [-0.25, -0.2) is 9.78 Å². The molecule has 7 nitrogen and oxygen atoms in total. The van der Waals surface area contributed by atoms with Crippen LogP contribution in [0.3, 0.4) is 0 Å². The zero-order chi connectivity index (χ0) is 15.4. The van der Waals surface area contributed by atoms with E-state index in [1.807, 2.05) is 25.1 Å². The van der Waals surface area contributed by atoms with Crippen molar-refractivity contribution in [1.82, 2.24) is 20.5 Å². The van der Waals surface area contributed by atoms with Crippen LogP contribution < -0.4 is 10.6 Å². The van der Waals surface area contributed by atoms with E-state index in [0.717, 1.165) is 11.4 Å². The highest BCUT2D eigenvalue weighted by Crippen LogP contribution is 2.19. The number of hydrogen-bond acceptors (Lipinski definition) is 4. The minimum atomic E-state index is -0.306. The molecule has 112 valence electrons. The Bertz CT molecular complexity index is 764. The fourth-order valence-electron chi connectivity index (χ4n) is 1.96. The second kappa shape index (κ2) is 6.13. The summed E-state index contributed by atoms with van der Waals surface area (Å²) in [5.41, 5.74) is 1.49. The van der Waals surface area contributed by atoms with E-state index < -0.39 is 0 Å². The van der Waals surface area contributed by atoms with Crippen LogP contribution in [0.4, 0.5) is 10.5 Å². The molecule has 0 fully saturated rings. The van der Waals surface area contributed by atoms with Crippen LogP contribution in [-0.2, 0) is 6.54 Å².